The third kappa shape index (κ3) is 6.02. The molecule has 7 aromatic carbocycles. The van der Waals surface area contributed by atoms with Crippen LogP contribution >= 0.6 is 0 Å². The molecule has 0 atom stereocenters. The van der Waals surface area contributed by atoms with Gasteiger partial charge in [0.05, 0.1) is 39.3 Å². The first-order valence-electron chi connectivity index (χ1n) is 20.5. The van der Waals surface area contributed by atoms with Gasteiger partial charge in [-0.2, -0.15) is 0 Å². The maximum atomic E-state index is 5.30. The van der Waals surface area contributed by atoms with Crippen molar-refractivity contribution in [2.75, 3.05) is 0 Å². The smallest absolute Gasteiger partial charge is 0.146 e. The summed E-state index contributed by atoms with van der Waals surface area (Å²) in [5.41, 5.74) is 16.2. The molecule has 5 heterocycles. The van der Waals surface area contributed by atoms with E-state index in [0.717, 1.165) is 116 Å². The summed E-state index contributed by atoms with van der Waals surface area (Å²) in [6.45, 7) is 0. The number of fused-ring (bicyclic) bond motifs is 8. The van der Waals surface area contributed by atoms with Gasteiger partial charge in [0, 0.05) is 61.6 Å². The highest BCUT2D eigenvalue weighted by atomic mass is 15.0. The van der Waals surface area contributed by atoms with Crippen LogP contribution in [0.2, 0.25) is 0 Å². The van der Waals surface area contributed by atoms with Gasteiger partial charge in [0.1, 0.15) is 5.65 Å². The van der Waals surface area contributed by atoms with Crippen molar-refractivity contribution < 1.29 is 0 Å². The number of para-hydroxylation sites is 1. The van der Waals surface area contributed by atoms with Crippen LogP contribution in [0, 0.1) is 0 Å². The highest BCUT2D eigenvalue weighted by Crippen LogP contribution is 2.39. The number of rotatable bonds is 6. The normalized spacial score (nSPS) is 11.6. The lowest BCUT2D eigenvalue weighted by atomic mass is 9.94. The first-order valence-corrected chi connectivity index (χ1v) is 20.5. The highest BCUT2D eigenvalue weighted by Gasteiger charge is 2.18. The van der Waals surface area contributed by atoms with Gasteiger partial charge in [0.2, 0.25) is 0 Å². The topological polar surface area (TPSA) is 56.0 Å². The summed E-state index contributed by atoms with van der Waals surface area (Å²) in [7, 11) is 0. The van der Waals surface area contributed by atoms with Gasteiger partial charge in [-0.25, -0.2) is 19.9 Å². The molecule has 0 spiro atoms. The third-order valence-electron chi connectivity index (χ3n) is 11.8. The van der Waals surface area contributed by atoms with Crippen LogP contribution in [0.4, 0.5) is 0 Å². The Labute approximate surface area is 351 Å². The van der Waals surface area contributed by atoms with Crippen molar-refractivity contribution in [3.63, 3.8) is 0 Å². The van der Waals surface area contributed by atoms with Gasteiger partial charge >= 0.3 is 0 Å². The Morgan fingerprint density at radius 2 is 0.951 bits per heavy atom. The van der Waals surface area contributed by atoms with E-state index in [-0.39, 0.29) is 0 Å². The number of hydrogen-bond donors (Lipinski definition) is 0. The lowest BCUT2D eigenvalue weighted by molar-refractivity contribution is 1.20. The summed E-state index contributed by atoms with van der Waals surface area (Å²) in [4.78, 5) is 21.0. The summed E-state index contributed by atoms with van der Waals surface area (Å²) in [6.07, 6.45) is 4.22. The molecule has 0 aliphatic rings. The zero-order valence-corrected chi connectivity index (χ0v) is 32.9. The predicted molar refractivity (Wildman–Crippen MR) is 251 cm³/mol. The first-order chi connectivity index (χ1) is 30.2. The van der Waals surface area contributed by atoms with Crippen LogP contribution < -0.4 is 0 Å². The molecule has 5 nitrogen and oxygen atoms in total. The van der Waals surface area contributed by atoms with E-state index >= 15 is 0 Å². The molecule has 12 aromatic rings. The Hall–Kier alpha value is -8.28. The molecule has 0 aliphatic carbocycles. The molecule has 0 saturated heterocycles. The molecule has 284 valence electrons. The quantitative estimate of drug-likeness (QED) is 0.158. The second-order valence-corrected chi connectivity index (χ2v) is 15.5. The minimum absolute atomic E-state index is 0.891. The fraction of sp³-hybridized carbons (Fsp3) is 0. The van der Waals surface area contributed by atoms with Crippen LogP contribution in [0.15, 0.2) is 213 Å². The average molecular weight is 778 g/mol. The molecule has 0 radical (unpaired) electrons. The van der Waals surface area contributed by atoms with E-state index in [1.807, 2.05) is 18.2 Å². The summed E-state index contributed by atoms with van der Waals surface area (Å²) in [5, 5.41) is 5.37. The maximum absolute atomic E-state index is 5.30. The average Bonchev–Trinajstić information content (AvgIpc) is 3.79. The van der Waals surface area contributed by atoms with E-state index in [0.29, 0.717) is 0 Å². The fourth-order valence-corrected chi connectivity index (χ4v) is 8.78. The fourth-order valence-electron chi connectivity index (χ4n) is 8.78. The van der Waals surface area contributed by atoms with Gasteiger partial charge in [-0.15, -0.1) is 0 Å². The Morgan fingerprint density at radius 1 is 0.344 bits per heavy atom. The molecule has 5 aromatic heterocycles. The molecule has 0 N–H and O–H groups in total. The van der Waals surface area contributed by atoms with Gasteiger partial charge in [-0.05, 0) is 64.7 Å². The van der Waals surface area contributed by atoms with E-state index < -0.39 is 0 Å². The van der Waals surface area contributed by atoms with Crippen molar-refractivity contribution in [1.82, 2.24) is 24.3 Å². The van der Waals surface area contributed by atoms with E-state index in [9.17, 15) is 0 Å². The summed E-state index contributed by atoms with van der Waals surface area (Å²) in [5.74, 6) is 0. The van der Waals surface area contributed by atoms with E-state index in [2.05, 4.69) is 199 Å². The second kappa shape index (κ2) is 14.2. The number of nitrogens with zero attached hydrogens (tertiary/aromatic N) is 5. The molecule has 5 heteroatoms. The van der Waals surface area contributed by atoms with Crippen LogP contribution in [0.1, 0.15) is 0 Å². The second-order valence-electron chi connectivity index (χ2n) is 15.5. The van der Waals surface area contributed by atoms with Crippen LogP contribution in [-0.4, -0.2) is 24.3 Å². The molecule has 0 unspecified atom stereocenters. The summed E-state index contributed by atoms with van der Waals surface area (Å²) < 4.78 is 2.13. The number of imidazole rings is 1. The molecule has 0 saturated carbocycles. The molecule has 12 rings (SSSR count). The molecule has 0 amide bonds. The summed E-state index contributed by atoms with van der Waals surface area (Å²) in [6, 6.07) is 70.1. The SMILES string of the molecule is c1ccc(-c2ccc3cc(-c4ccc(-c5cccc(-c6nc7ccccc7c7c6ccn6cc(-c8ccccc8)nc76)c5)cc4)c4ccc(-c5ccccc5)nc4c3n2)cc1. The Bertz CT molecular complexity index is 3620. The standard InChI is InChI=1S/C56H35N5/c1-4-13-38(14-5-1)48-29-27-43-34-47(44-28-30-49(39-15-6-2-7-16-39)58-55(44)54(43)57-48)37-25-23-36(24-26-37)41-19-12-20-42(33-41)53-46-31-32-61-35-51(40-17-8-3-9-18-40)60-56(61)52(46)45-21-10-11-22-50(45)59-53/h1-35H. The van der Waals surface area contributed by atoms with E-state index in [1.165, 1.54) is 0 Å². The minimum Gasteiger partial charge on any atom is -0.306 e. The Morgan fingerprint density at radius 3 is 1.69 bits per heavy atom. The van der Waals surface area contributed by atoms with Gasteiger partial charge in [-0.1, -0.05) is 158 Å². The van der Waals surface area contributed by atoms with Crippen molar-refractivity contribution in [2.45, 2.75) is 0 Å². The molecule has 0 fully saturated rings. The van der Waals surface area contributed by atoms with Crippen LogP contribution in [0.25, 0.3) is 116 Å². The monoisotopic (exact) mass is 777 g/mol. The minimum atomic E-state index is 0.891. The number of hydrogen-bond acceptors (Lipinski definition) is 4. The van der Waals surface area contributed by atoms with E-state index in [1.54, 1.807) is 0 Å². The highest BCUT2D eigenvalue weighted by molar-refractivity contribution is 6.17. The number of benzene rings is 7. The Balaban J connectivity index is 0.958. The van der Waals surface area contributed by atoms with Crippen molar-refractivity contribution >= 4 is 49.1 Å². The molecule has 0 bridgehead atoms. The van der Waals surface area contributed by atoms with Gasteiger partial charge in [-0.3, -0.25) is 0 Å². The third-order valence-corrected chi connectivity index (χ3v) is 11.8. The van der Waals surface area contributed by atoms with Crippen LogP contribution in [0.3, 0.4) is 0 Å². The zero-order chi connectivity index (χ0) is 40.3. The van der Waals surface area contributed by atoms with Gasteiger partial charge < -0.3 is 4.40 Å². The zero-order valence-electron chi connectivity index (χ0n) is 32.9. The molecular weight excluding hydrogens is 743 g/mol. The number of pyridine rings is 4. The van der Waals surface area contributed by atoms with Gasteiger partial charge in [0.25, 0.3) is 0 Å². The number of aromatic nitrogens is 5. The first kappa shape index (κ1) is 34.7. The van der Waals surface area contributed by atoms with Crippen molar-refractivity contribution in [3.05, 3.63) is 213 Å². The summed E-state index contributed by atoms with van der Waals surface area (Å²) >= 11 is 0. The lowest BCUT2D eigenvalue weighted by Crippen LogP contribution is -1.94. The molecule has 61 heavy (non-hydrogen) atoms. The largest absolute Gasteiger partial charge is 0.306 e. The van der Waals surface area contributed by atoms with Crippen molar-refractivity contribution in [3.8, 4) is 67.3 Å². The predicted octanol–water partition coefficient (Wildman–Crippen LogP) is 14.1. The Kier molecular flexibility index (Phi) is 8.10. The van der Waals surface area contributed by atoms with Crippen LogP contribution in [0.5, 0.6) is 0 Å². The van der Waals surface area contributed by atoms with E-state index in [4.69, 9.17) is 19.9 Å². The molecular formula is C56H35N5. The molecule has 0 aliphatic heterocycles. The van der Waals surface area contributed by atoms with Crippen molar-refractivity contribution in [2.24, 2.45) is 0 Å². The lowest BCUT2D eigenvalue weighted by Gasteiger charge is -2.14. The van der Waals surface area contributed by atoms with Crippen molar-refractivity contribution in [1.29, 1.82) is 0 Å². The maximum Gasteiger partial charge on any atom is 0.146 e. The van der Waals surface area contributed by atoms with Crippen LogP contribution in [-0.2, 0) is 0 Å². The van der Waals surface area contributed by atoms with Gasteiger partial charge in [0.15, 0.2) is 0 Å².